The Morgan fingerprint density at radius 1 is 1.19 bits per heavy atom. The van der Waals surface area contributed by atoms with Crippen LogP contribution in [0.15, 0.2) is 30.3 Å². The minimum absolute atomic E-state index is 0.318. The van der Waals surface area contributed by atoms with Gasteiger partial charge in [-0.25, -0.2) is 4.79 Å². The molecule has 2 heterocycles. The van der Waals surface area contributed by atoms with E-state index < -0.39 is 12.3 Å². The smallest absolute Gasteiger partial charge is 0.409 e. The lowest BCUT2D eigenvalue weighted by Gasteiger charge is -2.20. The molecule has 1 atom stereocenters. The van der Waals surface area contributed by atoms with E-state index in [0.717, 1.165) is 26.5 Å². The Morgan fingerprint density at radius 2 is 1.89 bits per heavy atom. The molecule has 0 fully saturated rings. The van der Waals surface area contributed by atoms with Crippen molar-refractivity contribution in [2.24, 2.45) is 0 Å². The number of halogens is 1. The van der Waals surface area contributed by atoms with Crippen LogP contribution in [0.5, 0.6) is 5.75 Å². The molecule has 0 spiro atoms. The van der Waals surface area contributed by atoms with Crippen LogP contribution in [0.2, 0.25) is 5.02 Å². The third-order valence-electron chi connectivity index (χ3n) is 4.93. The fourth-order valence-corrected chi connectivity index (χ4v) is 3.63. The van der Waals surface area contributed by atoms with E-state index in [0.29, 0.717) is 28.3 Å². The summed E-state index contributed by atoms with van der Waals surface area (Å²) in [5.74, 6) is -0.192. The average molecular weight is 387 g/mol. The number of hydrogen-bond acceptors (Lipinski definition) is 4. The van der Waals surface area contributed by atoms with Crippen LogP contribution < -0.4 is 4.74 Å². The van der Waals surface area contributed by atoms with Crippen LogP contribution in [0.25, 0.3) is 11.1 Å². The molecular weight excluding hydrogens is 372 g/mol. The van der Waals surface area contributed by atoms with Gasteiger partial charge in [0, 0.05) is 26.1 Å². The van der Waals surface area contributed by atoms with Crippen LogP contribution in [0.1, 0.15) is 26.3 Å². The Morgan fingerprint density at radius 3 is 2.59 bits per heavy atom. The highest BCUT2D eigenvalue weighted by molar-refractivity contribution is 6.32. The normalized spacial score (nSPS) is 17.6. The molecule has 0 radical (unpaired) electrons. The molecule has 0 bridgehead atoms. The number of likely N-dealkylation sites (N-methyl/N-ethyl adjacent to an activating group) is 1. The van der Waals surface area contributed by atoms with Gasteiger partial charge in [0.15, 0.2) is 6.23 Å². The first-order chi connectivity index (χ1) is 12.8. The van der Waals surface area contributed by atoms with Crippen molar-refractivity contribution in [2.45, 2.75) is 12.6 Å². The van der Waals surface area contributed by atoms with Gasteiger partial charge in [0.05, 0.1) is 16.1 Å². The van der Waals surface area contributed by atoms with E-state index in [-0.39, 0.29) is 11.8 Å². The molecule has 0 saturated heterocycles. The molecule has 2 aliphatic heterocycles. The van der Waals surface area contributed by atoms with Crippen molar-refractivity contribution in [2.75, 3.05) is 14.1 Å². The maximum atomic E-state index is 12.2. The summed E-state index contributed by atoms with van der Waals surface area (Å²) < 4.78 is 5.68. The molecule has 7 nitrogen and oxygen atoms in total. The first-order valence-electron chi connectivity index (χ1n) is 8.19. The molecular formula is C19H15ClN2O5. The number of rotatable bonds is 2. The number of ether oxygens (including phenoxy) is 1. The van der Waals surface area contributed by atoms with Gasteiger partial charge in [0.25, 0.3) is 11.8 Å². The van der Waals surface area contributed by atoms with Gasteiger partial charge in [0.2, 0.25) is 0 Å². The largest absolute Gasteiger partial charge is 0.468 e. The standard InChI is InChI=1S/C19H15ClN2O5/c1-21(19(25)26)15-8-11-5-10(7-14(20)16(11)27-15)9-3-4-12-13(6-9)18(24)22(2)17(12)23/h3-7,15H,8H2,1-2H3,(H,25,26). The molecule has 3 amide bonds. The second-order valence-corrected chi connectivity index (χ2v) is 6.95. The van der Waals surface area contributed by atoms with Crippen LogP contribution in [-0.2, 0) is 6.42 Å². The first-order valence-corrected chi connectivity index (χ1v) is 8.57. The minimum atomic E-state index is -1.09. The lowest BCUT2D eigenvalue weighted by molar-refractivity contribution is 0.0606. The van der Waals surface area contributed by atoms with Gasteiger partial charge >= 0.3 is 6.09 Å². The maximum Gasteiger partial charge on any atom is 0.409 e. The van der Waals surface area contributed by atoms with Crippen molar-refractivity contribution in [3.05, 3.63) is 52.0 Å². The average Bonchev–Trinajstić information content (AvgIpc) is 3.17. The summed E-state index contributed by atoms with van der Waals surface area (Å²) in [6.45, 7) is 0. The zero-order chi connectivity index (χ0) is 19.5. The molecule has 4 rings (SSSR count). The van der Waals surface area contributed by atoms with Crippen molar-refractivity contribution in [1.82, 2.24) is 9.80 Å². The second-order valence-electron chi connectivity index (χ2n) is 6.55. The molecule has 138 valence electrons. The molecule has 0 aromatic heterocycles. The summed E-state index contributed by atoms with van der Waals surface area (Å²) in [4.78, 5) is 37.6. The van der Waals surface area contributed by atoms with E-state index >= 15 is 0 Å². The number of imide groups is 1. The first kappa shape index (κ1) is 17.4. The number of nitrogens with zero attached hydrogens (tertiary/aromatic N) is 2. The zero-order valence-electron chi connectivity index (χ0n) is 14.5. The minimum Gasteiger partial charge on any atom is -0.468 e. The predicted molar refractivity (Wildman–Crippen MR) is 97.2 cm³/mol. The highest BCUT2D eigenvalue weighted by Crippen LogP contribution is 2.40. The van der Waals surface area contributed by atoms with E-state index in [1.165, 1.54) is 14.1 Å². The topological polar surface area (TPSA) is 87.2 Å². The molecule has 2 aromatic carbocycles. The van der Waals surface area contributed by atoms with E-state index in [9.17, 15) is 14.4 Å². The highest BCUT2D eigenvalue weighted by Gasteiger charge is 2.34. The summed E-state index contributed by atoms with van der Waals surface area (Å²) in [6.07, 6.45) is -1.36. The van der Waals surface area contributed by atoms with Crippen molar-refractivity contribution >= 4 is 29.5 Å². The lowest BCUT2D eigenvalue weighted by Crippen LogP contribution is -2.38. The molecule has 2 aliphatic rings. The summed E-state index contributed by atoms with van der Waals surface area (Å²) in [7, 11) is 2.89. The molecule has 2 aromatic rings. The highest BCUT2D eigenvalue weighted by atomic mass is 35.5. The number of hydrogen-bond donors (Lipinski definition) is 1. The Bertz CT molecular complexity index is 1020. The molecule has 8 heteroatoms. The van der Waals surface area contributed by atoms with E-state index in [2.05, 4.69) is 0 Å². The second kappa shape index (κ2) is 5.99. The number of benzene rings is 2. The van der Waals surface area contributed by atoms with Crippen molar-refractivity contribution < 1.29 is 24.2 Å². The number of amides is 3. The number of carbonyl (C=O) groups is 3. The Kier molecular flexibility index (Phi) is 3.85. The number of carbonyl (C=O) groups excluding carboxylic acids is 2. The van der Waals surface area contributed by atoms with Crippen molar-refractivity contribution in [1.29, 1.82) is 0 Å². The third kappa shape index (κ3) is 2.62. The van der Waals surface area contributed by atoms with E-state index in [4.69, 9.17) is 21.4 Å². The number of fused-ring (bicyclic) bond motifs is 2. The Balaban J connectivity index is 1.72. The van der Waals surface area contributed by atoms with Gasteiger partial charge in [-0.15, -0.1) is 0 Å². The van der Waals surface area contributed by atoms with E-state index in [1.54, 1.807) is 24.3 Å². The van der Waals surface area contributed by atoms with Crippen LogP contribution in [0.4, 0.5) is 4.79 Å². The molecule has 0 saturated carbocycles. The zero-order valence-corrected chi connectivity index (χ0v) is 15.3. The fraction of sp³-hybridized carbons (Fsp3) is 0.211. The summed E-state index contributed by atoms with van der Waals surface area (Å²) >= 11 is 6.35. The van der Waals surface area contributed by atoms with E-state index in [1.807, 2.05) is 6.07 Å². The van der Waals surface area contributed by atoms with Crippen LogP contribution >= 0.6 is 11.6 Å². The maximum absolute atomic E-state index is 12.2. The van der Waals surface area contributed by atoms with Gasteiger partial charge < -0.3 is 9.84 Å². The lowest BCUT2D eigenvalue weighted by atomic mass is 9.98. The molecule has 1 N–H and O–H groups in total. The van der Waals surface area contributed by atoms with Gasteiger partial charge in [0.1, 0.15) is 5.75 Å². The van der Waals surface area contributed by atoms with Gasteiger partial charge in [-0.05, 0) is 35.4 Å². The summed E-state index contributed by atoms with van der Waals surface area (Å²) in [5, 5.41) is 9.49. The van der Waals surface area contributed by atoms with Crippen molar-refractivity contribution in [3.63, 3.8) is 0 Å². The molecule has 27 heavy (non-hydrogen) atoms. The quantitative estimate of drug-likeness (QED) is 0.801. The van der Waals surface area contributed by atoms with Crippen molar-refractivity contribution in [3.8, 4) is 16.9 Å². The SMILES string of the molecule is CN1C(=O)c2ccc(-c3cc(Cl)c4c(c3)CC(N(C)C(=O)O)O4)cc2C1=O. The number of carboxylic acid groups (broad SMARTS) is 1. The van der Waals surface area contributed by atoms with Gasteiger partial charge in [-0.1, -0.05) is 17.7 Å². The predicted octanol–water partition coefficient (Wildman–Crippen LogP) is 3.10. The third-order valence-corrected chi connectivity index (χ3v) is 5.21. The van der Waals surface area contributed by atoms with Crippen LogP contribution in [-0.4, -0.2) is 53.1 Å². The van der Waals surface area contributed by atoms with Gasteiger partial charge in [-0.2, -0.15) is 0 Å². The molecule has 0 aliphatic carbocycles. The Hall–Kier alpha value is -3.06. The fourth-order valence-electron chi connectivity index (χ4n) is 3.35. The summed E-state index contributed by atoms with van der Waals surface area (Å²) in [6, 6.07) is 8.64. The molecule has 1 unspecified atom stereocenters. The van der Waals surface area contributed by atoms with Gasteiger partial charge in [-0.3, -0.25) is 19.4 Å². The summed E-state index contributed by atoms with van der Waals surface area (Å²) in [5.41, 5.74) is 3.03. The van der Waals surface area contributed by atoms with Crippen LogP contribution in [0.3, 0.4) is 0 Å². The Labute approximate surface area is 159 Å². The van der Waals surface area contributed by atoms with Crippen LogP contribution in [0, 0.1) is 0 Å². The monoisotopic (exact) mass is 386 g/mol.